The number of carbonyl (C=O) groups is 1. The molecule has 1 heterocycles. The van der Waals surface area contributed by atoms with Crippen LogP contribution in [-0.2, 0) is 0 Å². The van der Waals surface area contributed by atoms with Gasteiger partial charge in [0.1, 0.15) is 0 Å². The van der Waals surface area contributed by atoms with Gasteiger partial charge in [0.05, 0.1) is 5.70 Å². The number of allylic oxidation sites excluding steroid dienone is 2. The Labute approximate surface area is 102 Å². The lowest BCUT2D eigenvalue weighted by Crippen LogP contribution is -2.35. The molecule has 3 heteroatoms. The van der Waals surface area contributed by atoms with E-state index in [9.17, 15) is 4.79 Å². The van der Waals surface area contributed by atoms with E-state index < -0.39 is 0 Å². The number of carbonyl (C=O) groups excluding carboxylic acids is 1. The fourth-order valence-corrected chi connectivity index (χ4v) is 1.77. The van der Waals surface area contributed by atoms with Crippen molar-refractivity contribution >= 4 is 11.7 Å². The lowest BCUT2D eigenvalue weighted by molar-refractivity contribution is 0.202. The van der Waals surface area contributed by atoms with E-state index in [2.05, 4.69) is 6.08 Å². The molecule has 0 saturated heterocycles. The van der Waals surface area contributed by atoms with Crippen LogP contribution in [0, 0.1) is 0 Å². The number of nitrogens with zero attached hydrogens (tertiary/aromatic N) is 2. The molecule has 1 aromatic rings. The Morgan fingerprint density at radius 2 is 1.94 bits per heavy atom. The SMILES string of the molecule is CN(C)C(=O)N1C=CCC=C1c1ccccc1. The van der Waals surface area contributed by atoms with Gasteiger partial charge in [0.15, 0.2) is 0 Å². The normalized spacial score (nSPS) is 14.5. The summed E-state index contributed by atoms with van der Waals surface area (Å²) in [6.45, 7) is 0. The molecule has 0 atom stereocenters. The third-order valence-corrected chi connectivity index (χ3v) is 2.62. The maximum atomic E-state index is 12.0. The van der Waals surface area contributed by atoms with Crippen LogP contribution < -0.4 is 0 Å². The van der Waals surface area contributed by atoms with Crippen molar-refractivity contribution < 1.29 is 4.79 Å². The zero-order chi connectivity index (χ0) is 12.3. The van der Waals surface area contributed by atoms with Crippen molar-refractivity contribution in [1.29, 1.82) is 0 Å². The van der Waals surface area contributed by atoms with Crippen molar-refractivity contribution in [2.75, 3.05) is 14.1 Å². The van der Waals surface area contributed by atoms with Gasteiger partial charge in [0.25, 0.3) is 0 Å². The molecule has 3 nitrogen and oxygen atoms in total. The highest BCUT2D eigenvalue weighted by Gasteiger charge is 2.19. The summed E-state index contributed by atoms with van der Waals surface area (Å²) in [6.07, 6.45) is 6.75. The molecular formula is C14H16N2O. The predicted molar refractivity (Wildman–Crippen MR) is 69.1 cm³/mol. The summed E-state index contributed by atoms with van der Waals surface area (Å²) in [5, 5.41) is 0. The number of benzene rings is 1. The minimum Gasteiger partial charge on any atom is -0.330 e. The molecule has 0 unspecified atom stereocenters. The highest BCUT2D eigenvalue weighted by molar-refractivity contribution is 5.87. The first-order valence-electron chi connectivity index (χ1n) is 5.63. The van der Waals surface area contributed by atoms with Gasteiger partial charge >= 0.3 is 6.03 Å². The molecule has 0 radical (unpaired) electrons. The van der Waals surface area contributed by atoms with Crippen molar-refractivity contribution in [3.8, 4) is 0 Å². The predicted octanol–water partition coefficient (Wildman–Crippen LogP) is 2.93. The zero-order valence-corrected chi connectivity index (χ0v) is 10.1. The van der Waals surface area contributed by atoms with E-state index in [1.165, 1.54) is 0 Å². The Hall–Kier alpha value is -2.03. The monoisotopic (exact) mass is 228 g/mol. The Bertz CT molecular complexity index is 460. The van der Waals surface area contributed by atoms with E-state index in [1.54, 1.807) is 23.9 Å². The van der Waals surface area contributed by atoms with Gasteiger partial charge in [0.2, 0.25) is 0 Å². The summed E-state index contributed by atoms with van der Waals surface area (Å²) < 4.78 is 0. The second-order valence-corrected chi connectivity index (χ2v) is 4.12. The molecular weight excluding hydrogens is 212 g/mol. The molecule has 1 aliphatic heterocycles. The van der Waals surface area contributed by atoms with Crippen LogP contribution in [0.1, 0.15) is 12.0 Å². The van der Waals surface area contributed by atoms with E-state index >= 15 is 0 Å². The summed E-state index contributed by atoms with van der Waals surface area (Å²) in [5.41, 5.74) is 2.01. The van der Waals surface area contributed by atoms with Crippen molar-refractivity contribution in [3.63, 3.8) is 0 Å². The molecule has 0 fully saturated rings. The first-order chi connectivity index (χ1) is 8.20. The smallest absolute Gasteiger partial charge is 0.328 e. The van der Waals surface area contributed by atoms with Crippen LogP contribution in [0.4, 0.5) is 4.79 Å². The van der Waals surface area contributed by atoms with Gasteiger partial charge in [-0.1, -0.05) is 42.5 Å². The summed E-state index contributed by atoms with van der Waals surface area (Å²) >= 11 is 0. The van der Waals surface area contributed by atoms with Gasteiger partial charge in [-0.25, -0.2) is 4.79 Å². The summed E-state index contributed by atoms with van der Waals surface area (Å²) in [6, 6.07) is 9.93. The summed E-state index contributed by atoms with van der Waals surface area (Å²) in [5.74, 6) is 0. The summed E-state index contributed by atoms with van der Waals surface area (Å²) in [4.78, 5) is 15.3. The third kappa shape index (κ3) is 2.38. The largest absolute Gasteiger partial charge is 0.330 e. The van der Waals surface area contributed by atoms with E-state index in [4.69, 9.17) is 0 Å². The van der Waals surface area contributed by atoms with Crippen molar-refractivity contribution in [2.45, 2.75) is 6.42 Å². The van der Waals surface area contributed by atoms with Crippen LogP contribution in [0.15, 0.2) is 48.7 Å². The number of hydrogen-bond acceptors (Lipinski definition) is 1. The molecule has 2 amide bonds. The van der Waals surface area contributed by atoms with Crippen LogP contribution in [0.3, 0.4) is 0 Å². The van der Waals surface area contributed by atoms with Crippen molar-refractivity contribution in [3.05, 3.63) is 54.2 Å². The average molecular weight is 228 g/mol. The molecule has 2 rings (SSSR count). The molecule has 0 aliphatic carbocycles. The van der Waals surface area contributed by atoms with Crippen molar-refractivity contribution in [2.24, 2.45) is 0 Å². The van der Waals surface area contributed by atoms with Gasteiger partial charge in [-0.3, -0.25) is 4.90 Å². The van der Waals surface area contributed by atoms with Gasteiger partial charge in [0, 0.05) is 20.3 Å². The molecule has 17 heavy (non-hydrogen) atoms. The Kier molecular flexibility index (Phi) is 3.28. The lowest BCUT2D eigenvalue weighted by Gasteiger charge is -2.27. The highest BCUT2D eigenvalue weighted by Crippen LogP contribution is 2.24. The van der Waals surface area contributed by atoms with E-state index in [0.29, 0.717) is 0 Å². The molecule has 0 saturated carbocycles. The van der Waals surface area contributed by atoms with Crippen LogP contribution in [0.25, 0.3) is 5.70 Å². The van der Waals surface area contributed by atoms with E-state index in [0.717, 1.165) is 17.7 Å². The molecule has 0 bridgehead atoms. The zero-order valence-electron chi connectivity index (χ0n) is 10.1. The minimum atomic E-state index is -0.0314. The van der Waals surface area contributed by atoms with Crippen LogP contribution in [0.5, 0.6) is 0 Å². The third-order valence-electron chi connectivity index (χ3n) is 2.62. The van der Waals surface area contributed by atoms with Gasteiger partial charge in [-0.2, -0.15) is 0 Å². The van der Waals surface area contributed by atoms with Gasteiger partial charge in [-0.15, -0.1) is 0 Å². The molecule has 1 aliphatic rings. The van der Waals surface area contributed by atoms with Crippen molar-refractivity contribution in [1.82, 2.24) is 9.80 Å². The highest BCUT2D eigenvalue weighted by atomic mass is 16.2. The number of urea groups is 1. The maximum Gasteiger partial charge on any atom is 0.328 e. The maximum absolute atomic E-state index is 12.0. The molecule has 0 spiro atoms. The Balaban J connectivity index is 2.32. The second-order valence-electron chi connectivity index (χ2n) is 4.12. The van der Waals surface area contributed by atoms with Crippen LogP contribution in [-0.4, -0.2) is 29.9 Å². The van der Waals surface area contributed by atoms with Crippen LogP contribution >= 0.6 is 0 Å². The topological polar surface area (TPSA) is 23.6 Å². The molecule has 0 aromatic heterocycles. The van der Waals surface area contributed by atoms with E-state index in [1.807, 2.05) is 42.6 Å². The Morgan fingerprint density at radius 3 is 2.59 bits per heavy atom. The van der Waals surface area contributed by atoms with Gasteiger partial charge in [-0.05, 0) is 12.0 Å². The second kappa shape index (κ2) is 4.87. The lowest BCUT2D eigenvalue weighted by atomic mass is 10.1. The van der Waals surface area contributed by atoms with E-state index in [-0.39, 0.29) is 6.03 Å². The molecule has 1 aromatic carbocycles. The number of amides is 2. The number of hydrogen-bond donors (Lipinski definition) is 0. The standard InChI is InChI=1S/C14H16N2O/c1-15(2)14(17)16-11-7-6-10-13(16)12-8-4-3-5-9-12/h3-5,7-11H,6H2,1-2H3. The fraction of sp³-hybridized carbons (Fsp3) is 0.214. The fourth-order valence-electron chi connectivity index (χ4n) is 1.77. The van der Waals surface area contributed by atoms with Gasteiger partial charge < -0.3 is 4.90 Å². The average Bonchev–Trinajstić information content (AvgIpc) is 2.39. The summed E-state index contributed by atoms with van der Waals surface area (Å²) in [7, 11) is 3.51. The van der Waals surface area contributed by atoms with Crippen LogP contribution in [0.2, 0.25) is 0 Å². The minimum absolute atomic E-state index is 0.0314. The number of rotatable bonds is 1. The quantitative estimate of drug-likeness (QED) is 0.725. The Morgan fingerprint density at radius 1 is 1.24 bits per heavy atom. The molecule has 88 valence electrons. The first-order valence-corrected chi connectivity index (χ1v) is 5.63. The molecule has 0 N–H and O–H groups in total. The first kappa shape index (κ1) is 11.5.